The van der Waals surface area contributed by atoms with E-state index in [9.17, 15) is 19.5 Å². The van der Waals surface area contributed by atoms with Crippen molar-refractivity contribution in [3.63, 3.8) is 0 Å². The molecule has 2 fully saturated rings. The maximum atomic E-state index is 13.1. The highest BCUT2D eigenvalue weighted by molar-refractivity contribution is 5.81. The Labute approximate surface area is 204 Å². The molecule has 2 amide bonds. The van der Waals surface area contributed by atoms with Crippen molar-refractivity contribution in [1.29, 1.82) is 0 Å². The molecule has 0 radical (unpaired) electrons. The van der Waals surface area contributed by atoms with Gasteiger partial charge < -0.3 is 24.8 Å². The molecule has 3 unspecified atom stereocenters. The summed E-state index contributed by atoms with van der Waals surface area (Å²) in [5.74, 6) is -1.32. The van der Waals surface area contributed by atoms with Crippen molar-refractivity contribution in [3.8, 4) is 11.1 Å². The van der Waals surface area contributed by atoms with Gasteiger partial charge in [0.2, 0.25) is 5.91 Å². The van der Waals surface area contributed by atoms with E-state index < -0.39 is 18.2 Å². The minimum atomic E-state index is -1.05. The summed E-state index contributed by atoms with van der Waals surface area (Å²) in [7, 11) is 0. The number of alkyl carbamates (subject to hydrolysis) is 1. The summed E-state index contributed by atoms with van der Waals surface area (Å²) in [5.41, 5.74) is 4.68. The lowest BCUT2D eigenvalue weighted by atomic mass is 9.94. The quantitative estimate of drug-likeness (QED) is 0.660. The predicted octanol–water partition coefficient (Wildman–Crippen LogP) is 3.25. The van der Waals surface area contributed by atoms with E-state index in [0.29, 0.717) is 13.1 Å². The average Bonchev–Trinajstić information content (AvgIpc) is 3.48. The molecule has 8 nitrogen and oxygen atoms in total. The van der Waals surface area contributed by atoms with Crippen LogP contribution in [0.1, 0.15) is 36.3 Å². The van der Waals surface area contributed by atoms with Gasteiger partial charge >= 0.3 is 12.1 Å². The van der Waals surface area contributed by atoms with Gasteiger partial charge in [-0.25, -0.2) is 9.59 Å². The molecule has 5 rings (SSSR count). The Balaban J connectivity index is 1.15. The minimum absolute atomic E-state index is 0.00235. The molecule has 1 heterocycles. The van der Waals surface area contributed by atoms with Crippen molar-refractivity contribution in [2.45, 2.75) is 31.3 Å². The van der Waals surface area contributed by atoms with Crippen molar-refractivity contribution in [1.82, 2.24) is 10.2 Å². The van der Waals surface area contributed by atoms with Gasteiger partial charge in [-0.15, -0.1) is 0 Å². The summed E-state index contributed by atoms with van der Waals surface area (Å²) < 4.78 is 10.9. The van der Waals surface area contributed by atoms with Crippen LogP contribution in [0.3, 0.4) is 0 Å². The Kier molecular flexibility index (Phi) is 6.72. The number of carbonyl (C=O) groups is 3. The van der Waals surface area contributed by atoms with Crippen LogP contribution in [0.2, 0.25) is 0 Å². The van der Waals surface area contributed by atoms with E-state index in [1.807, 2.05) is 24.3 Å². The molecule has 35 heavy (non-hydrogen) atoms. The first-order chi connectivity index (χ1) is 17.0. The van der Waals surface area contributed by atoms with Gasteiger partial charge in [-0.3, -0.25) is 4.79 Å². The fourth-order valence-corrected chi connectivity index (χ4v) is 5.70. The molecular weight excluding hydrogens is 448 g/mol. The number of rotatable bonds is 6. The first-order valence-electron chi connectivity index (χ1n) is 12.2. The number of carboxylic acids is 1. The van der Waals surface area contributed by atoms with Crippen molar-refractivity contribution < 1.29 is 29.0 Å². The van der Waals surface area contributed by atoms with E-state index >= 15 is 0 Å². The number of amides is 2. The maximum absolute atomic E-state index is 13.1. The maximum Gasteiger partial charge on any atom is 0.407 e. The lowest BCUT2D eigenvalue weighted by Gasteiger charge is -2.34. The topological polar surface area (TPSA) is 105 Å². The number of nitrogens with zero attached hydrogens (tertiary/aromatic N) is 1. The molecule has 1 saturated carbocycles. The summed E-state index contributed by atoms with van der Waals surface area (Å²) in [6, 6.07) is 16.4. The van der Waals surface area contributed by atoms with Gasteiger partial charge in [0.15, 0.2) is 6.10 Å². The Morgan fingerprint density at radius 2 is 1.71 bits per heavy atom. The number of aliphatic carboxylic acids is 1. The van der Waals surface area contributed by atoms with Crippen LogP contribution in [0.15, 0.2) is 48.5 Å². The van der Waals surface area contributed by atoms with Crippen molar-refractivity contribution >= 4 is 18.0 Å². The molecular formula is C27H30N2O6. The lowest BCUT2D eigenvalue weighted by Crippen LogP contribution is -2.51. The van der Waals surface area contributed by atoms with Crippen LogP contribution in [0, 0.1) is 11.8 Å². The molecule has 0 aromatic heterocycles. The summed E-state index contributed by atoms with van der Waals surface area (Å²) in [6.45, 7) is 1.29. The van der Waals surface area contributed by atoms with Crippen LogP contribution < -0.4 is 5.32 Å². The van der Waals surface area contributed by atoms with Crippen LogP contribution in [-0.2, 0) is 19.1 Å². The molecule has 8 heteroatoms. The summed E-state index contributed by atoms with van der Waals surface area (Å²) in [4.78, 5) is 38.5. The van der Waals surface area contributed by atoms with Crippen molar-refractivity contribution in [3.05, 3.63) is 59.7 Å². The second-order valence-corrected chi connectivity index (χ2v) is 9.49. The molecule has 1 aliphatic heterocycles. The largest absolute Gasteiger partial charge is 0.479 e. The number of carbonyl (C=O) groups excluding carboxylic acids is 2. The van der Waals surface area contributed by atoms with Gasteiger partial charge in [-0.1, -0.05) is 55.0 Å². The highest BCUT2D eigenvalue weighted by Crippen LogP contribution is 2.44. The number of fused-ring (bicyclic) bond motifs is 3. The zero-order valence-electron chi connectivity index (χ0n) is 19.5. The van der Waals surface area contributed by atoms with E-state index in [4.69, 9.17) is 9.47 Å². The first-order valence-corrected chi connectivity index (χ1v) is 12.2. The van der Waals surface area contributed by atoms with Gasteiger partial charge in [0.05, 0.1) is 13.2 Å². The van der Waals surface area contributed by atoms with Crippen LogP contribution in [0.4, 0.5) is 4.79 Å². The molecule has 0 bridgehead atoms. The third kappa shape index (κ3) is 4.75. The van der Waals surface area contributed by atoms with Crippen molar-refractivity contribution in [2.24, 2.45) is 11.8 Å². The monoisotopic (exact) mass is 478 g/mol. The number of hydrogen-bond acceptors (Lipinski definition) is 5. The lowest BCUT2D eigenvalue weighted by molar-refractivity contribution is -0.160. The number of ether oxygens (including phenoxy) is 2. The van der Waals surface area contributed by atoms with E-state index in [2.05, 4.69) is 29.6 Å². The third-order valence-corrected chi connectivity index (χ3v) is 7.48. The zero-order chi connectivity index (χ0) is 24.4. The second kappa shape index (κ2) is 10.1. The van der Waals surface area contributed by atoms with Crippen LogP contribution in [-0.4, -0.2) is 66.9 Å². The summed E-state index contributed by atoms with van der Waals surface area (Å²) >= 11 is 0. The van der Waals surface area contributed by atoms with Crippen LogP contribution >= 0.6 is 0 Å². The van der Waals surface area contributed by atoms with Crippen LogP contribution in [0.5, 0.6) is 0 Å². The highest BCUT2D eigenvalue weighted by atomic mass is 16.5. The normalized spacial score (nSPS) is 23.4. The number of nitrogens with one attached hydrogen (secondary N) is 1. The molecule has 0 spiro atoms. The second-order valence-electron chi connectivity index (χ2n) is 9.49. The van der Waals surface area contributed by atoms with E-state index in [1.165, 1.54) is 11.1 Å². The molecule has 184 valence electrons. The SMILES string of the molecule is O=C(NCC1CCCC1C(=O)N1CCOC(C(=O)O)C1)OCC1c2ccccc2-c2ccccc21. The Hall–Kier alpha value is -3.39. The summed E-state index contributed by atoms with van der Waals surface area (Å²) in [5, 5.41) is 12.1. The van der Waals surface area contributed by atoms with Crippen LogP contribution in [0.25, 0.3) is 11.1 Å². The number of benzene rings is 2. The van der Waals surface area contributed by atoms with Crippen molar-refractivity contribution in [2.75, 3.05) is 32.8 Å². The van der Waals surface area contributed by atoms with Gasteiger partial charge in [0, 0.05) is 24.9 Å². The number of hydrogen-bond donors (Lipinski definition) is 2. The van der Waals surface area contributed by atoms with Gasteiger partial charge in [-0.2, -0.15) is 0 Å². The number of carboxylic acid groups (broad SMARTS) is 1. The zero-order valence-corrected chi connectivity index (χ0v) is 19.5. The smallest absolute Gasteiger partial charge is 0.407 e. The Bertz CT molecular complexity index is 1070. The van der Waals surface area contributed by atoms with E-state index in [1.54, 1.807) is 4.90 Å². The van der Waals surface area contributed by atoms with E-state index in [0.717, 1.165) is 30.4 Å². The molecule has 2 aromatic rings. The highest BCUT2D eigenvalue weighted by Gasteiger charge is 2.38. The fraction of sp³-hybridized carbons (Fsp3) is 0.444. The molecule has 3 atom stereocenters. The van der Waals surface area contributed by atoms with Gasteiger partial charge in [0.1, 0.15) is 6.61 Å². The molecule has 2 aliphatic carbocycles. The summed E-state index contributed by atoms with van der Waals surface area (Å²) in [6.07, 6.45) is 1.02. The number of morpholine rings is 1. The van der Waals surface area contributed by atoms with E-state index in [-0.39, 0.29) is 43.4 Å². The molecule has 2 aromatic carbocycles. The standard InChI is InChI=1S/C27H30N2O6/c30-25(29-12-13-34-24(15-29)26(31)32)18-11-5-6-17(18)14-28-27(33)35-16-23-21-9-3-1-7-19(21)20-8-2-4-10-22(20)23/h1-4,7-10,17-18,23-24H,5-6,11-16H2,(H,28,33)(H,31,32). The first kappa shape index (κ1) is 23.4. The Morgan fingerprint density at radius 1 is 1.03 bits per heavy atom. The Morgan fingerprint density at radius 3 is 2.40 bits per heavy atom. The van der Waals surface area contributed by atoms with Gasteiger partial charge in [-0.05, 0) is 41.0 Å². The molecule has 3 aliphatic rings. The minimum Gasteiger partial charge on any atom is -0.479 e. The van der Waals surface area contributed by atoms with Gasteiger partial charge in [0.25, 0.3) is 0 Å². The molecule has 2 N–H and O–H groups in total. The average molecular weight is 479 g/mol. The molecule has 1 saturated heterocycles. The third-order valence-electron chi connectivity index (χ3n) is 7.48. The fourth-order valence-electron chi connectivity index (χ4n) is 5.70. The predicted molar refractivity (Wildman–Crippen MR) is 128 cm³/mol.